The smallest absolute Gasteiger partial charge is 0.217 e. The molecule has 10 nitrogen and oxygen atoms in total. The number of aliphatic hydroxyl groups is 2. The van der Waals surface area contributed by atoms with E-state index < -0.39 is 0 Å². The number of rotatable bonds is 96. The van der Waals surface area contributed by atoms with Crippen LogP contribution in [0.25, 0.3) is 0 Å². The Morgan fingerprint density at radius 2 is 0.268 bits per heavy atom. The molecule has 0 heterocycles. The fourth-order valence-corrected chi connectivity index (χ4v) is 15.6. The van der Waals surface area contributed by atoms with Crippen LogP contribution in [0.2, 0.25) is 0 Å². The van der Waals surface area contributed by atoms with Crippen molar-refractivity contribution < 1.29 is 19.8 Å². The minimum Gasteiger partial charge on any atom is -0.396 e. The van der Waals surface area contributed by atoms with Crippen LogP contribution in [0.15, 0.2) is 12.2 Å². The zero-order chi connectivity index (χ0) is 92.0. The van der Waals surface area contributed by atoms with Gasteiger partial charge in [-0.2, -0.15) is 0 Å². The predicted molar refractivity (Wildman–Crippen MR) is 562 cm³/mol. The third kappa shape index (κ3) is 178. The van der Waals surface area contributed by atoms with Crippen molar-refractivity contribution in [3.05, 3.63) is 12.2 Å². The molecular formula is C113H242N6O4. The Bertz CT molecular complexity index is 1570. The molecule has 0 aromatic carbocycles. The summed E-state index contributed by atoms with van der Waals surface area (Å²) >= 11 is 0. The molecule has 0 rings (SSSR count). The number of unbranched alkanes of at least 4 members (excludes halogenated alkanes) is 84. The van der Waals surface area contributed by atoms with Gasteiger partial charge in [-0.25, -0.2) is 0 Å². The van der Waals surface area contributed by atoms with E-state index in [1.54, 1.807) is 0 Å². The summed E-state index contributed by atoms with van der Waals surface area (Å²) in [5.74, 6) is -0.334. The molecule has 0 saturated carbocycles. The molecule has 0 aliphatic rings. The predicted octanol–water partition coefficient (Wildman–Crippen LogP) is 36.5. The zero-order valence-electron chi connectivity index (χ0n) is 86.7. The molecule has 0 fully saturated rings. The van der Waals surface area contributed by atoms with Crippen LogP contribution in [0.1, 0.15) is 665 Å². The summed E-state index contributed by atoms with van der Waals surface area (Å²) in [6, 6.07) is 0. The minimum atomic E-state index is -0.170. The molecule has 2 amide bonds. The van der Waals surface area contributed by atoms with Crippen LogP contribution in [-0.4, -0.2) is 61.4 Å². The van der Waals surface area contributed by atoms with Gasteiger partial charge in [-0.15, -0.1) is 0 Å². The number of amides is 2. The van der Waals surface area contributed by atoms with Crippen LogP contribution in [0.3, 0.4) is 0 Å². The Labute approximate surface area is 778 Å². The van der Waals surface area contributed by atoms with E-state index in [-0.39, 0.29) is 11.8 Å². The van der Waals surface area contributed by atoms with Crippen LogP contribution in [-0.2, 0) is 9.59 Å². The average Bonchev–Trinajstić information content (AvgIpc) is 1.72. The van der Waals surface area contributed by atoms with Gasteiger partial charge in [-0.3, -0.25) is 9.59 Å². The SMILES string of the molecule is CCCCCCCC(N)=O.CCCCCCCC/C=C\CCCCCCCC(N)=O.CCCCCCCCCCCCCCCCCCCCO.CCCCCCCCCCCCCCCCN.CCCCCCCCCCCCCCCCO.CCCCCCCCCCCCCN.CCCCCCCCCCCCN.CCCCCCCCCCN. The number of allylic oxidation sites excluding steroid dienone is 2. The van der Waals surface area contributed by atoms with E-state index in [9.17, 15) is 9.59 Å². The summed E-state index contributed by atoms with van der Waals surface area (Å²) in [5.41, 5.74) is 31.8. The molecule has 123 heavy (non-hydrogen) atoms. The van der Waals surface area contributed by atoms with E-state index in [0.29, 0.717) is 26.1 Å². The van der Waals surface area contributed by atoms with Gasteiger partial charge in [0.15, 0.2) is 0 Å². The maximum Gasteiger partial charge on any atom is 0.217 e. The number of aliphatic hydroxyl groups excluding tert-OH is 2. The van der Waals surface area contributed by atoms with Crippen LogP contribution in [0.5, 0.6) is 0 Å². The van der Waals surface area contributed by atoms with Crippen molar-refractivity contribution in [3.63, 3.8) is 0 Å². The second kappa shape index (κ2) is 149. The highest BCUT2D eigenvalue weighted by atomic mass is 16.3. The molecule has 14 N–H and O–H groups in total. The first-order chi connectivity index (χ1) is 60.5. The normalized spacial score (nSPS) is 10.8. The largest absolute Gasteiger partial charge is 0.396 e. The van der Waals surface area contributed by atoms with Gasteiger partial charge in [0.2, 0.25) is 11.8 Å². The van der Waals surface area contributed by atoms with E-state index in [1.807, 2.05) is 0 Å². The minimum absolute atomic E-state index is 0.164. The molecule has 10 heteroatoms. The van der Waals surface area contributed by atoms with Crippen LogP contribution >= 0.6 is 0 Å². The van der Waals surface area contributed by atoms with Crippen molar-refractivity contribution in [2.75, 3.05) is 39.4 Å². The van der Waals surface area contributed by atoms with Crippen molar-refractivity contribution >= 4 is 11.8 Å². The fraction of sp³-hybridized carbons (Fsp3) is 0.965. The summed E-state index contributed by atoms with van der Waals surface area (Å²) in [7, 11) is 0. The van der Waals surface area contributed by atoms with Crippen molar-refractivity contribution in [1.29, 1.82) is 0 Å². The van der Waals surface area contributed by atoms with Gasteiger partial charge in [0.05, 0.1) is 0 Å². The third-order valence-corrected chi connectivity index (χ3v) is 24.2. The standard InChI is InChI=1S/C20H42O.C18H35NO.C16H35N.C16H34O.C13H29N.C12H27N.C10H23N.C8H17NO/c1-2-3-4-5-6-7-8-9-10-11-12-13-14-15-16-17-18-19-20-21;1-2-3-4-5-6-7-8-9-10-11-12-13-14-15-16-17-18(19)20;2*1-2-3-4-5-6-7-8-9-10-11-12-13-14-15-16-17;1-2-3-4-5-6-7-8-9-10-11-12-13-14;1-2-3-4-5-6-7-8-9-10-11-12-13;1-2-3-4-5-6-7-8-9-10-11;1-2-3-4-5-6-7-8(9)10/h21H,2-20H2,1H3;9-10H,2-8,11-17H2,1H3,(H2,19,20);2-17H2,1H3;17H,2-16H2,1H3;2-14H2,1H3;2-13H2,1H3;2-11H2,1H3;2-7H2,1H3,(H2,9,10)/b;10-9-;;;;;;. The summed E-state index contributed by atoms with van der Waals surface area (Å²) < 4.78 is 0. The Hall–Kier alpha value is -1.56. The lowest BCUT2D eigenvalue weighted by Crippen LogP contribution is -2.09. The molecule has 0 aliphatic carbocycles. The van der Waals surface area contributed by atoms with Gasteiger partial charge in [-0.05, 0) is 103 Å². The Morgan fingerprint density at radius 1 is 0.163 bits per heavy atom. The lowest BCUT2D eigenvalue weighted by atomic mass is 10.0. The topological polar surface area (TPSA) is 231 Å². The highest BCUT2D eigenvalue weighted by molar-refractivity contribution is 5.73. The Morgan fingerprint density at radius 3 is 0.382 bits per heavy atom. The molecule has 0 aromatic heterocycles. The van der Waals surface area contributed by atoms with E-state index in [4.69, 9.17) is 44.6 Å². The molecule has 0 bridgehead atoms. The first-order valence-corrected chi connectivity index (χ1v) is 56.8. The second-order valence-electron chi connectivity index (χ2n) is 37.4. The molecule has 0 unspecified atom stereocenters. The number of hydrogen-bond donors (Lipinski definition) is 8. The van der Waals surface area contributed by atoms with Gasteiger partial charge in [0, 0.05) is 26.1 Å². The van der Waals surface area contributed by atoms with E-state index in [2.05, 4.69) is 67.5 Å². The molecular weight excluding hydrogens is 1510 g/mol. The van der Waals surface area contributed by atoms with Crippen molar-refractivity contribution in [2.24, 2.45) is 34.4 Å². The van der Waals surface area contributed by atoms with E-state index in [0.717, 1.165) is 64.7 Å². The van der Waals surface area contributed by atoms with Crippen LogP contribution < -0.4 is 34.4 Å². The fourth-order valence-electron chi connectivity index (χ4n) is 15.6. The monoisotopic (exact) mass is 1750 g/mol. The molecule has 0 aromatic rings. The van der Waals surface area contributed by atoms with Gasteiger partial charge >= 0.3 is 0 Å². The highest BCUT2D eigenvalue weighted by Crippen LogP contribution is 2.20. The number of carbonyl (C=O) groups excluding carboxylic acids is 2. The van der Waals surface area contributed by atoms with Crippen LogP contribution in [0, 0.1) is 0 Å². The van der Waals surface area contributed by atoms with Crippen molar-refractivity contribution in [2.45, 2.75) is 665 Å². The van der Waals surface area contributed by atoms with E-state index >= 15 is 0 Å². The molecule has 748 valence electrons. The first-order valence-electron chi connectivity index (χ1n) is 56.8. The third-order valence-electron chi connectivity index (χ3n) is 24.2. The summed E-state index contributed by atoms with van der Waals surface area (Å²) in [4.78, 5) is 20.8. The molecule has 0 saturated heterocycles. The Kier molecular flexibility index (Phi) is 166. The molecule has 0 atom stereocenters. The maximum atomic E-state index is 10.5. The first kappa shape index (κ1) is 137. The van der Waals surface area contributed by atoms with Gasteiger partial charge in [0.25, 0.3) is 0 Å². The Balaban J connectivity index is -0.000000207. The maximum absolute atomic E-state index is 10.5. The van der Waals surface area contributed by atoms with Crippen molar-refractivity contribution in [3.8, 4) is 0 Å². The molecule has 0 radical (unpaired) electrons. The lowest BCUT2D eigenvalue weighted by molar-refractivity contribution is -0.119. The summed E-state index contributed by atoms with van der Waals surface area (Å²) in [6.45, 7) is 22.3. The second-order valence-corrected chi connectivity index (χ2v) is 37.4. The van der Waals surface area contributed by atoms with Gasteiger partial charge < -0.3 is 44.6 Å². The van der Waals surface area contributed by atoms with Gasteiger partial charge in [0.1, 0.15) is 0 Å². The number of hydrogen-bond acceptors (Lipinski definition) is 8. The lowest BCUT2D eigenvalue weighted by Gasteiger charge is -2.03. The van der Waals surface area contributed by atoms with Crippen LogP contribution in [0.4, 0.5) is 0 Å². The van der Waals surface area contributed by atoms with Gasteiger partial charge in [-0.1, -0.05) is 588 Å². The average molecular weight is 1750 g/mol. The zero-order valence-corrected chi connectivity index (χ0v) is 86.7. The number of primary amides is 2. The highest BCUT2D eigenvalue weighted by Gasteiger charge is 2.02. The molecule has 0 spiro atoms. The number of carbonyl (C=O) groups is 2. The summed E-state index contributed by atoms with van der Waals surface area (Å²) in [6.07, 6.45) is 133. The number of nitrogens with two attached hydrogens (primary N) is 6. The molecule has 0 aliphatic heterocycles. The van der Waals surface area contributed by atoms with Crippen molar-refractivity contribution in [1.82, 2.24) is 0 Å². The quantitative estimate of drug-likeness (QED) is 0.0215. The van der Waals surface area contributed by atoms with E-state index in [1.165, 1.54) is 559 Å². The summed E-state index contributed by atoms with van der Waals surface area (Å²) in [5, 5.41) is 17.3.